The zero-order chi connectivity index (χ0) is 13.4. The molecule has 1 aliphatic heterocycles. The fraction of sp³-hybridized carbons (Fsp3) is 0.400. The van der Waals surface area contributed by atoms with Gasteiger partial charge in [-0.25, -0.2) is 0 Å². The van der Waals surface area contributed by atoms with Crippen LogP contribution in [0.1, 0.15) is 13.3 Å². The van der Waals surface area contributed by atoms with Gasteiger partial charge in [0.05, 0.1) is 24.0 Å². The van der Waals surface area contributed by atoms with E-state index in [4.69, 9.17) is 5.73 Å². The lowest BCUT2D eigenvalue weighted by Crippen LogP contribution is -2.35. The van der Waals surface area contributed by atoms with Crippen molar-refractivity contribution in [2.45, 2.75) is 19.4 Å². The quantitative estimate of drug-likeness (QED) is 0.808. The first-order valence-electron chi connectivity index (χ1n) is 6.72. The van der Waals surface area contributed by atoms with Crippen molar-refractivity contribution in [2.24, 2.45) is 5.92 Å². The summed E-state index contributed by atoms with van der Waals surface area (Å²) in [5, 5.41) is 11.7. The zero-order valence-corrected chi connectivity index (χ0v) is 11.1. The summed E-state index contributed by atoms with van der Waals surface area (Å²) in [6.07, 6.45) is 4.68. The van der Waals surface area contributed by atoms with Gasteiger partial charge in [-0.15, -0.1) is 0 Å². The largest absolute Gasteiger partial charge is 0.397 e. The van der Waals surface area contributed by atoms with Crippen LogP contribution in [-0.4, -0.2) is 29.3 Å². The zero-order valence-electron chi connectivity index (χ0n) is 11.1. The SMILES string of the molecule is CC1CCN(c2ccc3cnccc3c2N)C1CO. The van der Waals surface area contributed by atoms with Gasteiger partial charge < -0.3 is 15.7 Å². The van der Waals surface area contributed by atoms with Crippen molar-refractivity contribution in [1.82, 2.24) is 4.98 Å². The van der Waals surface area contributed by atoms with Crippen LogP contribution < -0.4 is 10.6 Å². The molecule has 3 N–H and O–H groups in total. The normalized spacial score (nSPS) is 23.2. The predicted octanol–water partition coefficient (Wildman–Crippen LogP) is 2.02. The molecule has 1 aromatic heterocycles. The van der Waals surface area contributed by atoms with Crippen LogP contribution in [0.4, 0.5) is 11.4 Å². The minimum absolute atomic E-state index is 0.168. The molecule has 2 heterocycles. The number of aliphatic hydroxyl groups is 1. The van der Waals surface area contributed by atoms with Gasteiger partial charge in [0, 0.05) is 29.7 Å². The van der Waals surface area contributed by atoms with Crippen molar-refractivity contribution in [3.8, 4) is 0 Å². The number of aromatic nitrogens is 1. The molecule has 1 saturated heterocycles. The van der Waals surface area contributed by atoms with Gasteiger partial charge >= 0.3 is 0 Å². The van der Waals surface area contributed by atoms with Crippen LogP contribution >= 0.6 is 0 Å². The van der Waals surface area contributed by atoms with Crippen LogP contribution in [0.2, 0.25) is 0 Å². The molecule has 0 saturated carbocycles. The Balaban J connectivity index is 2.08. The molecule has 0 bridgehead atoms. The lowest BCUT2D eigenvalue weighted by Gasteiger charge is -2.28. The topological polar surface area (TPSA) is 62.4 Å². The molecule has 4 heteroatoms. The second-order valence-electron chi connectivity index (χ2n) is 5.30. The van der Waals surface area contributed by atoms with Crippen molar-refractivity contribution in [1.29, 1.82) is 0 Å². The van der Waals surface area contributed by atoms with Gasteiger partial charge in [-0.2, -0.15) is 0 Å². The lowest BCUT2D eigenvalue weighted by atomic mass is 10.0. The number of benzene rings is 1. The Bertz CT molecular complexity index is 599. The Morgan fingerprint density at radius 2 is 2.26 bits per heavy atom. The van der Waals surface area contributed by atoms with Gasteiger partial charge in [0.1, 0.15) is 0 Å². The van der Waals surface area contributed by atoms with Gasteiger partial charge in [0.2, 0.25) is 0 Å². The van der Waals surface area contributed by atoms with E-state index in [1.165, 1.54) is 0 Å². The van der Waals surface area contributed by atoms with E-state index < -0.39 is 0 Å². The monoisotopic (exact) mass is 257 g/mol. The highest BCUT2D eigenvalue weighted by Gasteiger charge is 2.31. The summed E-state index contributed by atoms with van der Waals surface area (Å²) in [6.45, 7) is 3.31. The first kappa shape index (κ1) is 12.2. The summed E-state index contributed by atoms with van der Waals surface area (Å²) in [5.41, 5.74) is 8.12. The molecule has 3 rings (SSSR count). The van der Waals surface area contributed by atoms with Crippen molar-refractivity contribution in [2.75, 3.05) is 23.8 Å². The fourth-order valence-electron chi connectivity index (χ4n) is 3.02. The minimum Gasteiger partial charge on any atom is -0.397 e. The molecule has 0 spiro atoms. The van der Waals surface area contributed by atoms with Crippen molar-refractivity contribution in [3.63, 3.8) is 0 Å². The maximum Gasteiger partial charge on any atom is 0.0637 e. The molecule has 100 valence electrons. The van der Waals surface area contributed by atoms with Gasteiger partial charge in [0.25, 0.3) is 0 Å². The number of rotatable bonds is 2. The van der Waals surface area contributed by atoms with E-state index >= 15 is 0 Å². The predicted molar refractivity (Wildman–Crippen MR) is 78.2 cm³/mol. The number of hydrogen-bond donors (Lipinski definition) is 2. The third kappa shape index (κ3) is 1.92. The van der Waals surface area contributed by atoms with E-state index in [-0.39, 0.29) is 12.6 Å². The average molecular weight is 257 g/mol. The van der Waals surface area contributed by atoms with E-state index in [9.17, 15) is 5.11 Å². The Morgan fingerprint density at radius 1 is 1.42 bits per heavy atom. The number of nitrogens with two attached hydrogens (primary N) is 1. The van der Waals surface area contributed by atoms with Crippen molar-refractivity contribution < 1.29 is 5.11 Å². The number of nitrogen functional groups attached to an aromatic ring is 1. The highest BCUT2D eigenvalue weighted by molar-refractivity contribution is 5.98. The molecule has 0 amide bonds. The molecule has 1 aromatic carbocycles. The first-order valence-corrected chi connectivity index (χ1v) is 6.72. The third-order valence-electron chi connectivity index (χ3n) is 4.22. The Labute approximate surface area is 112 Å². The number of hydrogen-bond acceptors (Lipinski definition) is 4. The molecule has 0 radical (unpaired) electrons. The van der Waals surface area contributed by atoms with E-state index in [0.29, 0.717) is 5.92 Å². The average Bonchev–Trinajstić information content (AvgIpc) is 2.80. The summed E-state index contributed by atoms with van der Waals surface area (Å²) in [5.74, 6) is 0.498. The van der Waals surface area contributed by atoms with Gasteiger partial charge in [-0.1, -0.05) is 13.0 Å². The maximum atomic E-state index is 9.58. The highest BCUT2D eigenvalue weighted by Crippen LogP contribution is 2.36. The fourth-order valence-corrected chi connectivity index (χ4v) is 3.02. The van der Waals surface area contributed by atoms with Crippen LogP contribution in [0, 0.1) is 5.92 Å². The standard InChI is InChI=1S/C15H19N3O/c1-10-5-7-18(14(10)9-19)13-3-2-11-8-17-6-4-12(11)15(13)16/h2-4,6,8,10,14,19H,5,7,9,16H2,1H3. The third-order valence-corrected chi connectivity index (χ3v) is 4.22. The number of nitrogens with zero attached hydrogens (tertiary/aromatic N) is 2. The molecular formula is C15H19N3O. The second-order valence-corrected chi connectivity index (χ2v) is 5.30. The molecule has 1 aliphatic rings. The smallest absolute Gasteiger partial charge is 0.0637 e. The summed E-state index contributed by atoms with van der Waals surface area (Å²) in [4.78, 5) is 6.35. The van der Waals surface area contributed by atoms with Crippen LogP contribution in [-0.2, 0) is 0 Å². The van der Waals surface area contributed by atoms with Crippen molar-refractivity contribution in [3.05, 3.63) is 30.6 Å². The van der Waals surface area contributed by atoms with Crippen LogP contribution in [0.25, 0.3) is 10.8 Å². The molecule has 2 atom stereocenters. The van der Waals surface area contributed by atoms with Crippen LogP contribution in [0.5, 0.6) is 0 Å². The summed E-state index contributed by atoms with van der Waals surface area (Å²) in [7, 11) is 0. The molecule has 4 nitrogen and oxygen atoms in total. The number of fused-ring (bicyclic) bond motifs is 1. The molecule has 2 unspecified atom stereocenters. The first-order chi connectivity index (χ1) is 9.22. The second kappa shape index (κ2) is 4.70. The van der Waals surface area contributed by atoms with E-state index in [1.807, 2.05) is 24.4 Å². The Kier molecular flexibility index (Phi) is 3.03. The lowest BCUT2D eigenvalue weighted by molar-refractivity contribution is 0.245. The summed E-state index contributed by atoms with van der Waals surface area (Å²) in [6, 6.07) is 6.20. The maximum absolute atomic E-state index is 9.58. The number of aliphatic hydroxyl groups excluding tert-OH is 1. The molecule has 2 aromatic rings. The molecule has 0 aliphatic carbocycles. The Hall–Kier alpha value is -1.81. The van der Waals surface area contributed by atoms with Crippen LogP contribution in [0.15, 0.2) is 30.6 Å². The van der Waals surface area contributed by atoms with Gasteiger partial charge in [0.15, 0.2) is 0 Å². The summed E-state index contributed by atoms with van der Waals surface area (Å²) >= 11 is 0. The van der Waals surface area contributed by atoms with E-state index in [2.05, 4.69) is 16.8 Å². The number of anilines is 2. The highest BCUT2D eigenvalue weighted by atomic mass is 16.3. The van der Waals surface area contributed by atoms with Crippen molar-refractivity contribution >= 4 is 22.1 Å². The van der Waals surface area contributed by atoms with Crippen LogP contribution in [0.3, 0.4) is 0 Å². The molecule has 1 fully saturated rings. The Morgan fingerprint density at radius 3 is 3.05 bits per heavy atom. The van der Waals surface area contributed by atoms with E-state index in [0.717, 1.165) is 35.1 Å². The van der Waals surface area contributed by atoms with E-state index in [1.54, 1.807) is 6.20 Å². The molecular weight excluding hydrogens is 238 g/mol. The minimum atomic E-state index is 0.168. The summed E-state index contributed by atoms with van der Waals surface area (Å²) < 4.78 is 0. The number of pyridine rings is 1. The van der Waals surface area contributed by atoms with Gasteiger partial charge in [-0.05, 0) is 24.5 Å². The molecule has 19 heavy (non-hydrogen) atoms. The van der Waals surface area contributed by atoms with Gasteiger partial charge in [-0.3, -0.25) is 4.98 Å².